The fourth-order valence-corrected chi connectivity index (χ4v) is 2.98. The van der Waals surface area contributed by atoms with Crippen LogP contribution in [0.3, 0.4) is 0 Å². The number of hydrogen-bond donors (Lipinski definition) is 1. The molecule has 3 aliphatic rings. The fourth-order valence-electron chi connectivity index (χ4n) is 2.98. The average Bonchev–Trinajstić information content (AvgIpc) is 2.40. The lowest BCUT2D eigenvalue weighted by atomic mass is 9.51. The van der Waals surface area contributed by atoms with E-state index in [1.807, 2.05) is 0 Å². The molecule has 2 nitrogen and oxygen atoms in total. The molecule has 62 valence electrons. The Morgan fingerprint density at radius 3 is 2.36 bits per heavy atom. The van der Waals surface area contributed by atoms with Crippen LogP contribution in [-0.2, 0) is 4.79 Å². The van der Waals surface area contributed by atoms with Crippen molar-refractivity contribution in [1.29, 1.82) is 0 Å². The molecular formula is C9H14O2. The molecule has 0 amide bonds. The van der Waals surface area contributed by atoms with Crippen LogP contribution in [0.25, 0.3) is 0 Å². The molecule has 3 aliphatic carbocycles. The molecule has 0 aromatic rings. The zero-order valence-electron chi connectivity index (χ0n) is 7.05. The first-order valence-corrected chi connectivity index (χ1v) is 4.24. The summed E-state index contributed by atoms with van der Waals surface area (Å²) in [6, 6.07) is 0. The standard InChI is InChI=1S/C9H14O2/c1-8(2)6-3-4-9(8,5-6)7(10)11/h6H,3-5H2,1-2H3,(H,10,11)/t6-,9-/m1/s1. The Labute approximate surface area is 66.6 Å². The molecule has 11 heavy (non-hydrogen) atoms. The van der Waals surface area contributed by atoms with Crippen LogP contribution in [0.2, 0.25) is 0 Å². The minimum atomic E-state index is -0.573. The zero-order chi connectivity index (χ0) is 8.28. The number of rotatable bonds is 1. The van der Waals surface area contributed by atoms with Gasteiger partial charge < -0.3 is 5.11 Å². The Morgan fingerprint density at radius 2 is 2.18 bits per heavy atom. The molecule has 2 bridgehead atoms. The van der Waals surface area contributed by atoms with Crippen LogP contribution in [0.1, 0.15) is 33.1 Å². The van der Waals surface area contributed by atoms with Gasteiger partial charge in [-0.2, -0.15) is 0 Å². The smallest absolute Gasteiger partial charge is 0.310 e. The van der Waals surface area contributed by atoms with Gasteiger partial charge in [0.25, 0.3) is 0 Å². The van der Waals surface area contributed by atoms with Crippen molar-refractivity contribution in [3.8, 4) is 0 Å². The molecule has 2 heteroatoms. The minimum Gasteiger partial charge on any atom is -0.481 e. The summed E-state index contributed by atoms with van der Waals surface area (Å²) in [5, 5.41) is 9.05. The third kappa shape index (κ3) is 0.534. The largest absolute Gasteiger partial charge is 0.481 e. The molecule has 3 rings (SSSR count). The second-order valence-corrected chi connectivity index (χ2v) is 4.55. The van der Waals surface area contributed by atoms with Crippen molar-refractivity contribution in [3.05, 3.63) is 0 Å². The molecule has 0 aromatic carbocycles. The third-order valence-electron chi connectivity index (χ3n) is 4.18. The summed E-state index contributed by atoms with van der Waals surface area (Å²) in [6.45, 7) is 4.20. The number of carboxylic acids is 1. The molecule has 0 aliphatic heterocycles. The van der Waals surface area contributed by atoms with E-state index in [-0.39, 0.29) is 10.8 Å². The Kier molecular flexibility index (Phi) is 1.05. The summed E-state index contributed by atoms with van der Waals surface area (Å²) in [5.74, 6) is 0.106. The van der Waals surface area contributed by atoms with Crippen molar-refractivity contribution in [2.75, 3.05) is 0 Å². The van der Waals surface area contributed by atoms with Crippen LogP contribution >= 0.6 is 0 Å². The number of fused-ring (bicyclic) bond motifs is 1. The van der Waals surface area contributed by atoms with Gasteiger partial charge in [-0.05, 0) is 30.6 Å². The molecule has 0 saturated heterocycles. The van der Waals surface area contributed by atoms with E-state index < -0.39 is 5.97 Å². The van der Waals surface area contributed by atoms with E-state index >= 15 is 0 Å². The third-order valence-corrected chi connectivity index (χ3v) is 4.18. The van der Waals surface area contributed by atoms with Gasteiger partial charge in [-0.3, -0.25) is 4.79 Å². The lowest BCUT2D eigenvalue weighted by Gasteiger charge is -2.51. The molecule has 0 spiro atoms. The van der Waals surface area contributed by atoms with Crippen LogP contribution in [0.15, 0.2) is 0 Å². The van der Waals surface area contributed by atoms with E-state index in [0.29, 0.717) is 5.92 Å². The van der Waals surface area contributed by atoms with Gasteiger partial charge in [-0.1, -0.05) is 13.8 Å². The van der Waals surface area contributed by atoms with E-state index in [1.54, 1.807) is 0 Å². The maximum absolute atomic E-state index is 11.0. The molecule has 2 atom stereocenters. The van der Waals surface area contributed by atoms with E-state index in [0.717, 1.165) is 19.3 Å². The zero-order valence-corrected chi connectivity index (χ0v) is 7.05. The highest BCUT2D eigenvalue weighted by molar-refractivity contribution is 5.78. The average molecular weight is 154 g/mol. The molecule has 0 radical (unpaired) electrons. The Hall–Kier alpha value is -0.530. The van der Waals surface area contributed by atoms with Gasteiger partial charge in [-0.15, -0.1) is 0 Å². The fraction of sp³-hybridized carbons (Fsp3) is 0.889. The van der Waals surface area contributed by atoms with Crippen LogP contribution < -0.4 is 0 Å². The Balaban J connectivity index is 2.36. The number of hydrogen-bond acceptors (Lipinski definition) is 1. The topological polar surface area (TPSA) is 37.3 Å². The molecule has 3 fully saturated rings. The highest BCUT2D eigenvalue weighted by atomic mass is 16.4. The second kappa shape index (κ2) is 1.62. The van der Waals surface area contributed by atoms with Gasteiger partial charge in [0.1, 0.15) is 0 Å². The molecule has 1 N–H and O–H groups in total. The van der Waals surface area contributed by atoms with Crippen molar-refractivity contribution >= 4 is 5.97 Å². The van der Waals surface area contributed by atoms with Crippen molar-refractivity contribution in [3.63, 3.8) is 0 Å². The Morgan fingerprint density at radius 1 is 1.55 bits per heavy atom. The van der Waals surface area contributed by atoms with Crippen LogP contribution in [0.4, 0.5) is 0 Å². The summed E-state index contributed by atoms with van der Waals surface area (Å²) < 4.78 is 0. The summed E-state index contributed by atoms with van der Waals surface area (Å²) in [4.78, 5) is 11.0. The van der Waals surface area contributed by atoms with Gasteiger partial charge in [0.2, 0.25) is 0 Å². The SMILES string of the molecule is CC1(C)[C@@H]2CC[C@]1(C(=O)O)C2. The molecule has 0 heterocycles. The summed E-state index contributed by atoms with van der Waals surface area (Å²) in [5.41, 5.74) is -0.281. The second-order valence-electron chi connectivity index (χ2n) is 4.55. The summed E-state index contributed by atoms with van der Waals surface area (Å²) in [6.07, 6.45) is 2.95. The Bertz CT molecular complexity index is 216. The van der Waals surface area contributed by atoms with Crippen LogP contribution in [0, 0.1) is 16.7 Å². The van der Waals surface area contributed by atoms with Gasteiger partial charge >= 0.3 is 5.97 Å². The predicted molar refractivity (Wildman–Crippen MR) is 41.2 cm³/mol. The van der Waals surface area contributed by atoms with E-state index in [1.165, 1.54) is 0 Å². The quantitative estimate of drug-likeness (QED) is 0.626. The van der Waals surface area contributed by atoms with E-state index in [4.69, 9.17) is 5.11 Å². The van der Waals surface area contributed by atoms with Gasteiger partial charge in [-0.25, -0.2) is 0 Å². The number of carboxylic acid groups (broad SMARTS) is 1. The van der Waals surface area contributed by atoms with Crippen LogP contribution in [0.5, 0.6) is 0 Å². The monoisotopic (exact) mass is 154 g/mol. The van der Waals surface area contributed by atoms with Gasteiger partial charge in [0, 0.05) is 0 Å². The summed E-state index contributed by atoms with van der Waals surface area (Å²) in [7, 11) is 0. The lowest BCUT2D eigenvalue weighted by Crippen LogP contribution is -2.52. The lowest BCUT2D eigenvalue weighted by molar-refractivity contribution is -0.170. The van der Waals surface area contributed by atoms with Crippen molar-refractivity contribution in [2.45, 2.75) is 33.1 Å². The first-order chi connectivity index (χ1) is 5.01. The van der Waals surface area contributed by atoms with Crippen LogP contribution in [-0.4, -0.2) is 11.1 Å². The molecule has 3 saturated carbocycles. The maximum Gasteiger partial charge on any atom is 0.310 e. The first kappa shape index (κ1) is 7.14. The van der Waals surface area contributed by atoms with Crippen molar-refractivity contribution in [2.24, 2.45) is 16.7 Å². The maximum atomic E-state index is 11.0. The predicted octanol–water partition coefficient (Wildman–Crippen LogP) is 1.90. The molecular weight excluding hydrogens is 140 g/mol. The number of aliphatic carboxylic acids is 1. The summed E-state index contributed by atoms with van der Waals surface area (Å²) >= 11 is 0. The van der Waals surface area contributed by atoms with Crippen molar-refractivity contribution < 1.29 is 9.90 Å². The first-order valence-electron chi connectivity index (χ1n) is 4.24. The molecule has 0 unspecified atom stereocenters. The van der Waals surface area contributed by atoms with E-state index in [9.17, 15) is 4.79 Å². The van der Waals surface area contributed by atoms with Gasteiger partial charge in [0.05, 0.1) is 5.41 Å². The highest BCUT2D eigenvalue weighted by Crippen LogP contribution is 2.70. The normalized spacial score (nSPS) is 45.1. The minimum absolute atomic E-state index is 0.0683. The molecule has 0 aromatic heterocycles. The van der Waals surface area contributed by atoms with Crippen molar-refractivity contribution in [1.82, 2.24) is 0 Å². The van der Waals surface area contributed by atoms with E-state index in [2.05, 4.69) is 13.8 Å². The number of carbonyl (C=O) groups is 1. The van der Waals surface area contributed by atoms with Gasteiger partial charge in [0.15, 0.2) is 0 Å². The highest BCUT2D eigenvalue weighted by Gasteiger charge is 2.68.